The van der Waals surface area contributed by atoms with Crippen LogP contribution in [0.5, 0.6) is 0 Å². The molecule has 0 spiro atoms. The van der Waals surface area contributed by atoms with Gasteiger partial charge in [0.2, 0.25) is 5.56 Å². The van der Waals surface area contributed by atoms with Gasteiger partial charge in [-0.3, -0.25) is 9.59 Å². The molecule has 0 radical (unpaired) electrons. The predicted molar refractivity (Wildman–Crippen MR) is 140 cm³/mol. The molecule has 0 aliphatic carbocycles. The summed E-state index contributed by atoms with van der Waals surface area (Å²) < 4.78 is 6.57. The van der Waals surface area contributed by atoms with Gasteiger partial charge in [-0.2, -0.15) is 0 Å². The summed E-state index contributed by atoms with van der Waals surface area (Å²) >= 11 is 7.37. The molecule has 180 valence electrons. The number of fused-ring (bicyclic) bond motifs is 2. The quantitative estimate of drug-likeness (QED) is 0.300. The van der Waals surface area contributed by atoms with Crippen molar-refractivity contribution in [1.82, 2.24) is 15.3 Å². The van der Waals surface area contributed by atoms with E-state index in [1.54, 1.807) is 30.3 Å². The number of ether oxygens (including phenoxy) is 1. The van der Waals surface area contributed by atoms with E-state index in [2.05, 4.69) is 15.3 Å². The lowest BCUT2D eigenvalue weighted by Gasteiger charge is -2.18. The van der Waals surface area contributed by atoms with Gasteiger partial charge in [0.1, 0.15) is 17.7 Å². The number of benzene rings is 3. The highest BCUT2D eigenvalue weighted by Crippen LogP contribution is 2.23. The van der Waals surface area contributed by atoms with Crippen LogP contribution in [0.3, 0.4) is 0 Å². The Morgan fingerprint density at radius 1 is 1.03 bits per heavy atom. The van der Waals surface area contributed by atoms with Crippen molar-refractivity contribution in [2.24, 2.45) is 0 Å². The number of pyridine rings is 1. The number of amides is 1. The fraction of sp³-hybridized carbons (Fsp3) is 0.111. The van der Waals surface area contributed by atoms with Gasteiger partial charge in [0, 0.05) is 34.0 Å². The van der Waals surface area contributed by atoms with Crippen LogP contribution in [-0.2, 0) is 22.6 Å². The third-order valence-electron chi connectivity index (χ3n) is 5.63. The number of hydrogen-bond acceptors (Lipinski definition) is 6. The standard InChI is InChI=1S/C27H20ClN3O4S/c28-18-11-9-16(10-12-18)26(33)31-22(13-17-14-24(32)29-20-6-2-1-5-19(17)20)27(34)35-15-25-30-21-7-3-4-8-23(21)36-25/h1-12,14,22H,13,15H2,(H,29,32)(H,31,33). The Hall–Kier alpha value is -4.01. The molecule has 2 heterocycles. The Balaban J connectivity index is 1.41. The number of aromatic amines is 1. The molecule has 36 heavy (non-hydrogen) atoms. The first-order valence-electron chi connectivity index (χ1n) is 11.1. The molecular weight excluding hydrogens is 498 g/mol. The van der Waals surface area contributed by atoms with Crippen LogP contribution in [-0.4, -0.2) is 27.9 Å². The van der Waals surface area contributed by atoms with E-state index in [-0.39, 0.29) is 18.6 Å². The Morgan fingerprint density at radius 2 is 1.78 bits per heavy atom. The molecule has 9 heteroatoms. The number of nitrogens with zero attached hydrogens (tertiary/aromatic N) is 1. The van der Waals surface area contributed by atoms with Crippen molar-refractivity contribution in [3.8, 4) is 0 Å². The minimum atomic E-state index is -1.03. The summed E-state index contributed by atoms with van der Waals surface area (Å²) in [6, 6.07) is 21.7. The van der Waals surface area contributed by atoms with E-state index in [0.717, 1.165) is 15.6 Å². The minimum absolute atomic E-state index is 0.0262. The molecule has 0 saturated carbocycles. The summed E-state index contributed by atoms with van der Waals surface area (Å²) in [4.78, 5) is 45.7. The van der Waals surface area contributed by atoms with E-state index in [1.165, 1.54) is 17.4 Å². The second-order valence-electron chi connectivity index (χ2n) is 8.12. The Labute approximate surface area is 214 Å². The number of carbonyl (C=O) groups is 2. The topological polar surface area (TPSA) is 101 Å². The second kappa shape index (κ2) is 10.3. The number of carbonyl (C=O) groups excluding carboxylic acids is 2. The maximum Gasteiger partial charge on any atom is 0.329 e. The molecule has 2 N–H and O–H groups in total. The van der Waals surface area contributed by atoms with Crippen LogP contribution in [0.1, 0.15) is 20.9 Å². The number of nitrogens with one attached hydrogen (secondary N) is 2. The molecule has 0 saturated heterocycles. The molecule has 2 aromatic heterocycles. The predicted octanol–water partition coefficient (Wildman–Crippen LogP) is 4.88. The van der Waals surface area contributed by atoms with Gasteiger partial charge in [0.05, 0.1) is 10.2 Å². The van der Waals surface area contributed by atoms with Gasteiger partial charge >= 0.3 is 5.97 Å². The van der Waals surface area contributed by atoms with E-state index < -0.39 is 17.9 Å². The number of thiazole rings is 1. The van der Waals surface area contributed by atoms with Crippen LogP contribution in [0.15, 0.2) is 83.7 Å². The van der Waals surface area contributed by atoms with Crippen LogP contribution >= 0.6 is 22.9 Å². The highest BCUT2D eigenvalue weighted by molar-refractivity contribution is 7.18. The zero-order valence-corrected chi connectivity index (χ0v) is 20.4. The van der Waals surface area contributed by atoms with E-state index in [0.29, 0.717) is 26.7 Å². The lowest BCUT2D eigenvalue weighted by molar-refractivity contribution is -0.147. The van der Waals surface area contributed by atoms with Gasteiger partial charge in [-0.1, -0.05) is 41.9 Å². The van der Waals surface area contributed by atoms with Crippen LogP contribution in [0.4, 0.5) is 0 Å². The molecule has 5 rings (SSSR count). The Kier molecular flexibility index (Phi) is 6.79. The van der Waals surface area contributed by atoms with Crippen molar-refractivity contribution in [3.63, 3.8) is 0 Å². The first kappa shape index (κ1) is 23.7. The highest BCUT2D eigenvalue weighted by atomic mass is 35.5. The Morgan fingerprint density at radius 3 is 2.58 bits per heavy atom. The van der Waals surface area contributed by atoms with E-state index >= 15 is 0 Å². The highest BCUT2D eigenvalue weighted by Gasteiger charge is 2.25. The number of aromatic nitrogens is 2. The van der Waals surface area contributed by atoms with Crippen molar-refractivity contribution in [2.45, 2.75) is 19.1 Å². The average molecular weight is 518 g/mol. The summed E-state index contributed by atoms with van der Waals surface area (Å²) in [7, 11) is 0. The third-order valence-corrected chi connectivity index (χ3v) is 6.89. The van der Waals surface area contributed by atoms with E-state index in [9.17, 15) is 14.4 Å². The third kappa shape index (κ3) is 5.30. The molecule has 1 unspecified atom stereocenters. The molecule has 0 bridgehead atoms. The largest absolute Gasteiger partial charge is 0.457 e. The van der Waals surface area contributed by atoms with E-state index in [4.69, 9.17) is 16.3 Å². The van der Waals surface area contributed by atoms with Gasteiger partial charge in [-0.05, 0) is 48.0 Å². The summed E-state index contributed by atoms with van der Waals surface area (Å²) in [6.07, 6.45) is 0.0719. The Bertz CT molecular complexity index is 1600. The number of para-hydroxylation sites is 2. The van der Waals surface area contributed by atoms with Crippen molar-refractivity contribution in [2.75, 3.05) is 0 Å². The number of H-pyrrole nitrogens is 1. The maximum atomic E-state index is 13.2. The van der Waals surface area contributed by atoms with Crippen molar-refractivity contribution in [3.05, 3.63) is 110 Å². The number of esters is 1. The van der Waals surface area contributed by atoms with Crippen LogP contribution < -0.4 is 10.9 Å². The van der Waals surface area contributed by atoms with Gasteiger partial charge < -0.3 is 15.0 Å². The number of halogens is 1. The lowest BCUT2D eigenvalue weighted by atomic mass is 10.0. The van der Waals surface area contributed by atoms with Gasteiger partial charge in [0.25, 0.3) is 5.91 Å². The zero-order chi connectivity index (χ0) is 25.1. The van der Waals surface area contributed by atoms with Crippen molar-refractivity contribution in [1.29, 1.82) is 0 Å². The average Bonchev–Trinajstić information content (AvgIpc) is 3.30. The monoisotopic (exact) mass is 517 g/mol. The molecule has 7 nitrogen and oxygen atoms in total. The molecule has 1 amide bonds. The number of hydrogen-bond donors (Lipinski definition) is 2. The fourth-order valence-electron chi connectivity index (χ4n) is 3.92. The first-order valence-corrected chi connectivity index (χ1v) is 12.3. The van der Waals surface area contributed by atoms with Gasteiger partial charge in [-0.15, -0.1) is 11.3 Å². The molecule has 3 aromatic carbocycles. The van der Waals surface area contributed by atoms with E-state index in [1.807, 2.05) is 42.5 Å². The molecule has 0 aliphatic heterocycles. The second-order valence-corrected chi connectivity index (χ2v) is 9.68. The summed E-state index contributed by atoms with van der Waals surface area (Å²) in [6.45, 7) is -0.0262. The van der Waals surface area contributed by atoms with Crippen LogP contribution in [0.2, 0.25) is 5.02 Å². The van der Waals surface area contributed by atoms with Gasteiger partial charge in [0.15, 0.2) is 0 Å². The van der Waals surface area contributed by atoms with Gasteiger partial charge in [-0.25, -0.2) is 9.78 Å². The first-order chi connectivity index (χ1) is 17.5. The lowest BCUT2D eigenvalue weighted by Crippen LogP contribution is -2.43. The zero-order valence-electron chi connectivity index (χ0n) is 18.9. The normalized spacial score (nSPS) is 11.9. The van der Waals surface area contributed by atoms with Crippen molar-refractivity contribution < 1.29 is 14.3 Å². The molecular formula is C27H20ClN3O4S. The minimum Gasteiger partial charge on any atom is -0.457 e. The summed E-state index contributed by atoms with van der Waals surface area (Å²) in [5.74, 6) is -1.08. The summed E-state index contributed by atoms with van der Waals surface area (Å²) in [5.41, 5.74) is 2.14. The molecule has 0 fully saturated rings. The van der Waals surface area contributed by atoms with Crippen LogP contribution in [0, 0.1) is 0 Å². The van der Waals surface area contributed by atoms with Crippen LogP contribution in [0.25, 0.3) is 21.1 Å². The number of rotatable bonds is 7. The maximum absolute atomic E-state index is 13.2. The SMILES string of the molecule is O=C(NC(Cc1cc(=O)[nH]c2ccccc12)C(=O)OCc1nc2ccccc2s1)c1ccc(Cl)cc1. The molecule has 1 atom stereocenters. The summed E-state index contributed by atoms with van der Waals surface area (Å²) in [5, 5.41) is 4.68. The fourth-order valence-corrected chi connectivity index (χ4v) is 4.92. The smallest absolute Gasteiger partial charge is 0.329 e. The molecule has 0 aliphatic rings. The molecule has 5 aromatic rings. The van der Waals surface area contributed by atoms with Crippen molar-refractivity contribution >= 4 is 55.9 Å².